The van der Waals surface area contributed by atoms with Crippen LogP contribution in [-0.2, 0) is 14.6 Å². The number of hydrogen-bond donors (Lipinski definition) is 1. The van der Waals surface area contributed by atoms with Crippen LogP contribution in [0.25, 0.3) is 0 Å². The summed E-state index contributed by atoms with van der Waals surface area (Å²) < 4.78 is 23.0. The Bertz CT molecular complexity index is 586. The summed E-state index contributed by atoms with van der Waals surface area (Å²) in [5, 5.41) is 3.22. The van der Waals surface area contributed by atoms with E-state index < -0.39 is 9.84 Å². The smallest absolute Gasteiger partial charge is 0.238 e. The third kappa shape index (κ3) is 2.58. The zero-order chi connectivity index (χ0) is 14.2. The summed E-state index contributed by atoms with van der Waals surface area (Å²) in [5.74, 6) is 0.425. The monoisotopic (exact) mass is 294 g/mol. The van der Waals surface area contributed by atoms with Crippen molar-refractivity contribution in [3.05, 3.63) is 35.9 Å². The summed E-state index contributed by atoms with van der Waals surface area (Å²) in [6.45, 7) is 0.322. The maximum Gasteiger partial charge on any atom is 0.238 e. The fourth-order valence-corrected chi connectivity index (χ4v) is 4.47. The van der Waals surface area contributed by atoms with Crippen LogP contribution < -0.4 is 5.32 Å². The van der Waals surface area contributed by atoms with Gasteiger partial charge in [0.2, 0.25) is 5.91 Å². The van der Waals surface area contributed by atoms with Crippen molar-refractivity contribution < 1.29 is 13.2 Å². The molecule has 2 heterocycles. The zero-order valence-electron chi connectivity index (χ0n) is 11.2. The lowest BCUT2D eigenvalue weighted by molar-refractivity contribution is -0.130. The fourth-order valence-electron chi connectivity index (χ4n) is 3.00. The molecule has 1 N–H and O–H groups in total. The van der Waals surface area contributed by atoms with Crippen LogP contribution in [0.2, 0.25) is 0 Å². The first kappa shape index (κ1) is 13.6. The first-order valence-electron chi connectivity index (χ1n) is 6.87. The number of benzene rings is 1. The molecule has 2 aliphatic rings. The Hall–Kier alpha value is -1.40. The molecule has 2 fully saturated rings. The maximum absolute atomic E-state index is 12.1. The van der Waals surface area contributed by atoms with Gasteiger partial charge in [-0.05, 0) is 18.4 Å². The molecule has 6 heteroatoms. The van der Waals surface area contributed by atoms with Gasteiger partial charge in [0.25, 0.3) is 0 Å². The third-order valence-corrected chi connectivity index (χ3v) is 5.76. The van der Waals surface area contributed by atoms with Crippen molar-refractivity contribution in [3.8, 4) is 0 Å². The van der Waals surface area contributed by atoms with E-state index in [9.17, 15) is 13.2 Å². The predicted molar refractivity (Wildman–Crippen MR) is 75.7 cm³/mol. The van der Waals surface area contributed by atoms with E-state index in [1.165, 1.54) is 0 Å². The van der Waals surface area contributed by atoms with Crippen LogP contribution in [0.15, 0.2) is 30.3 Å². The molecule has 1 unspecified atom stereocenters. The van der Waals surface area contributed by atoms with Crippen LogP contribution in [0.5, 0.6) is 0 Å². The van der Waals surface area contributed by atoms with Crippen LogP contribution in [0, 0.1) is 0 Å². The lowest BCUT2D eigenvalue weighted by atomic mass is 10.1. The van der Waals surface area contributed by atoms with E-state index >= 15 is 0 Å². The van der Waals surface area contributed by atoms with Crippen LogP contribution >= 0.6 is 0 Å². The van der Waals surface area contributed by atoms with E-state index in [2.05, 4.69) is 5.32 Å². The van der Waals surface area contributed by atoms with E-state index in [1.54, 1.807) is 0 Å². The summed E-state index contributed by atoms with van der Waals surface area (Å²) in [4.78, 5) is 14.0. The Morgan fingerprint density at radius 2 is 1.75 bits per heavy atom. The molecule has 0 aromatic heterocycles. The highest BCUT2D eigenvalue weighted by molar-refractivity contribution is 7.91. The molecule has 1 aromatic rings. The SMILES string of the molecule is O=C1CNC(c2ccccc2)N1C1CCS(=O)(=O)CC1. The van der Waals surface area contributed by atoms with Crippen molar-refractivity contribution in [2.24, 2.45) is 0 Å². The van der Waals surface area contributed by atoms with E-state index in [0.717, 1.165) is 5.56 Å². The first-order chi connectivity index (χ1) is 9.57. The van der Waals surface area contributed by atoms with Gasteiger partial charge in [0.05, 0.1) is 18.1 Å². The van der Waals surface area contributed by atoms with E-state index in [-0.39, 0.29) is 29.6 Å². The highest BCUT2D eigenvalue weighted by atomic mass is 32.2. The minimum atomic E-state index is -2.90. The molecule has 0 spiro atoms. The number of carbonyl (C=O) groups excluding carboxylic acids is 1. The van der Waals surface area contributed by atoms with Gasteiger partial charge in [0, 0.05) is 6.04 Å². The topological polar surface area (TPSA) is 66.5 Å². The molecule has 0 bridgehead atoms. The maximum atomic E-state index is 12.1. The standard InChI is InChI=1S/C14H18N2O3S/c17-13-10-15-14(11-4-2-1-3-5-11)16(13)12-6-8-20(18,19)9-7-12/h1-5,12,14-15H,6-10H2. The van der Waals surface area contributed by atoms with Gasteiger partial charge in [-0.3, -0.25) is 10.1 Å². The largest absolute Gasteiger partial charge is 0.319 e. The van der Waals surface area contributed by atoms with Gasteiger partial charge in [-0.25, -0.2) is 8.42 Å². The van der Waals surface area contributed by atoms with Crippen molar-refractivity contribution in [1.29, 1.82) is 0 Å². The van der Waals surface area contributed by atoms with Crippen LogP contribution in [-0.4, -0.2) is 43.3 Å². The molecule has 0 saturated carbocycles. The average molecular weight is 294 g/mol. The van der Waals surface area contributed by atoms with Gasteiger partial charge in [-0.1, -0.05) is 30.3 Å². The first-order valence-corrected chi connectivity index (χ1v) is 8.69. The van der Waals surface area contributed by atoms with Crippen LogP contribution in [0.1, 0.15) is 24.6 Å². The number of amides is 1. The highest BCUT2D eigenvalue weighted by Crippen LogP contribution is 2.29. The second-order valence-corrected chi connectivity index (χ2v) is 7.68. The van der Waals surface area contributed by atoms with E-state index in [4.69, 9.17) is 0 Å². The molecule has 5 nitrogen and oxygen atoms in total. The minimum absolute atomic E-state index is 0.0197. The number of nitrogens with zero attached hydrogens (tertiary/aromatic N) is 1. The summed E-state index contributed by atoms with van der Waals surface area (Å²) in [6.07, 6.45) is 0.951. The van der Waals surface area contributed by atoms with E-state index in [1.807, 2.05) is 35.2 Å². The van der Waals surface area contributed by atoms with Crippen molar-refractivity contribution in [3.63, 3.8) is 0 Å². The van der Waals surface area contributed by atoms with Gasteiger partial charge in [-0.15, -0.1) is 0 Å². The number of hydrogen-bond acceptors (Lipinski definition) is 4. The Labute approximate surface area is 118 Å². The molecule has 2 aliphatic heterocycles. The van der Waals surface area contributed by atoms with Crippen molar-refractivity contribution in [2.45, 2.75) is 25.0 Å². The molecule has 0 aliphatic carbocycles. The normalized spacial score (nSPS) is 26.9. The second-order valence-electron chi connectivity index (χ2n) is 5.38. The van der Waals surface area contributed by atoms with Crippen molar-refractivity contribution >= 4 is 15.7 Å². The molecule has 1 aromatic carbocycles. The molecular weight excluding hydrogens is 276 g/mol. The number of rotatable bonds is 2. The van der Waals surface area contributed by atoms with Crippen LogP contribution in [0.4, 0.5) is 0 Å². The molecule has 1 amide bonds. The number of sulfone groups is 1. The van der Waals surface area contributed by atoms with E-state index in [0.29, 0.717) is 19.4 Å². The summed E-state index contributed by atoms with van der Waals surface area (Å²) in [7, 11) is -2.90. The molecule has 3 rings (SSSR count). The Kier molecular flexibility index (Phi) is 3.52. The Balaban J connectivity index is 1.81. The van der Waals surface area contributed by atoms with Gasteiger partial charge >= 0.3 is 0 Å². The molecule has 1 atom stereocenters. The number of nitrogens with one attached hydrogen (secondary N) is 1. The molecule has 0 radical (unpaired) electrons. The lowest BCUT2D eigenvalue weighted by Gasteiger charge is -2.35. The zero-order valence-corrected chi connectivity index (χ0v) is 12.0. The predicted octanol–water partition coefficient (Wildman–Crippen LogP) is 0.694. The molecule has 108 valence electrons. The summed E-state index contributed by atoms with van der Waals surface area (Å²) in [5.41, 5.74) is 1.05. The molecule has 2 saturated heterocycles. The van der Waals surface area contributed by atoms with Gasteiger partial charge in [0.15, 0.2) is 0 Å². The van der Waals surface area contributed by atoms with Gasteiger partial charge < -0.3 is 4.90 Å². The van der Waals surface area contributed by atoms with Gasteiger partial charge in [-0.2, -0.15) is 0 Å². The minimum Gasteiger partial charge on any atom is -0.319 e. The Morgan fingerprint density at radius 1 is 1.10 bits per heavy atom. The molecular formula is C14H18N2O3S. The quantitative estimate of drug-likeness (QED) is 0.872. The summed E-state index contributed by atoms with van der Waals surface area (Å²) >= 11 is 0. The average Bonchev–Trinajstić information content (AvgIpc) is 2.82. The van der Waals surface area contributed by atoms with Crippen molar-refractivity contribution in [1.82, 2.24) is 10.2 Å². The number of carbonyl (C=O) groups is 1. The van der Waals surface area contributed by atoms with Crippen LogP contribution in [0.3, 0.4) is 0 Å². The summed E-state index contributed by atoms with van der Waals surface area (Å²) in [6, 6.07) is 9.84. The van der Waals surface area contributed by atoms with Crippen molar-refractivity contribution in [2.75, 3.05) is 18.1 Å². The fraction of sp³-hybridized carbons (Fsp3) is 0.500. The second kappa shape index (κ2) is 5.18. The Morgan fingerprint density at radius 3 is 2.40 bits per heavy atom. The lowest BCUT2D eigenvalue weighted by Crippen LogP contribution is -2.44. The third-order valence-electron chi connectivity index (χ3n) is 4.05. The highest BCUT2D eigenvalue weighted by Gasteiger charge is 2.39. The molecule has 20 heavy (non-hydrogen) atoms. The van der Waals surface area contributed by atoms with Gasteiger partial charge in [0.1, 0.15) is 16.0 Å².